The predicted molar refractivity (Wildman–Crippen MR) is 136 cm³/mol. The molecule has 6 rings (SSSR count). The van der Waals surface area contributed by atoms with Gasteiger partial charge in [0, 0.05) is 42.0 Å². The summed E-state index contributed by atoms with van der Waals surface area (Å²) in [5.74, 6) is 0.00232. The maximum absolute atomic E-state index is 15.8. The first-order valence-electron chi connectivity index (χ1n) is 12.7. The van der Waals surface area contributed by atoms with Crippen LogP contribution in [-0.2, 0) is 7.05 Å². The Kier molecular flexibility index (Phi) is 5.38. The van der Waals surface area contributed by atoms with Crippen LogP contribution in [0.5, 0.6) is 5.75 Å². The fourth-order valence-corrected chi connectivity index (χ4v) is 6.14. The monoisotopic (exact) mass is 508 g/mol. The van der Waals surface area contributed by atoms with Gasteiger partial charge in [-0.05, 0) is 63.6 Å². The van der Waals surface area contributed by atoms with E-state index in [-0.39, 0.29) is 40.3 Å². The second-order valence-electron chi connectivity index (χ2n) is 11.3. The Morgan fingerprint density at radius 3 is 2.62 bits per heavy atom. The first-order chi connectivity index (χ1) is 17.6. The van der Waals surface area contributed by atoms with Gasteiger partial charge in [0.25, 0.3) is 5.56 Å². The van der Waals surface area contributed by atoms with E-state index in [0.29, 0.717) is 23.4 Å². The molecule has 2 saturated heterocycles. The van der Waals surface area contributed by atoms with Crippen molar-refractivity contribution in [1.29, 1.82) is 0 Å². The van der Waals surface area contributed by atoms with Crippen molar-refractivity contribution in [3.05, 3.63) is 52.8 Å². The molecule has 194 valence electrons. The molecule has 1 aromatic carbocycles. The highest BCUT2D eigenvalue weighted by Gasteiger charge is 2.58. The van der Waals surface area contributed by atoms with E-state index in [4.69, 9.17) is 0 Å². The Labute approximate surface area is 213 Å². The van der Waals surface area contributed by atoms with Crippen molar-refractivity contribution in [3.8, 4) is 28.3 Å². The number of aromatic nitrogens is 4. The van der Waals surface area contributed by atoms with Gasteiger partial charge < -0.3 is 19.9 Å². The number of nitrogens with zero attached hydrogens (tertiary/aromatic N) is 5. The van der Waals surface area contributed by atoms with Gasteiger partial charge in [-0.3, -0.25) is 4.79 Å². The topological polar surface area (TPSA) is 96.2 Å². The summed E-state index contributed by atoms with van der Waals surface area (Å²) in [6, 6.07) is 5.64. The first kappa shape index (κ1) is 24.0. The van der Waals surface area contributed by atoms with Crippen LogP contribution >= 0.6 is 0 Å². The molecule has 0 unspecified atom stereocenters. The number of phenolic OH excluding ortho intramolecular Hbond substituents is 1. The summed E-state index contributed by atoms with van der Waals surface area (Å²) < 4.78 is 31.4. The SMILES string of the molecule is Cn1cc(F)c(-c2ccc(-c3ncc(N(C4CC4)[C@H]4C[C@]5(C)CC[C@@](C)(N5)[C@H]4F)nn3)c(O)c2)cc1=O. The molecule has 4 atom stereocenters. The number of fused-ring (bicyclic) bond motifs is 2. The molecule has 4 heterocycles. The molecule has 2 bridgehead atoms. The van der Waals surface area contributed by atoms with Crippen molar-refractivity contribution in [2.24, 2.45) is 7.05 Å². The third-order valence-corrected chi connectivity index (χ3v) is 8.23. The number of halogens is 2. The van der Waals surface area contributed by atoms with Crippen molar-refractivity contribution < 1.29 is 13.9 Å². The molecule has 1 saturated carbocycles. The van der Waals surface area contributed by atoms with Crippen LogP contribution in [0.15, 0.2) is 41.5 Å². The van der Waals surface area contributed by atoms with Crippen molar-refractivity contribution in [1.82, 2.24) is 25.1 Å². The number of aryl methyl sites for hydroxylation is 1. The third-order valence-electron chi connectivity index (χ3n) is 8.23. The van der Waals surface area contributed by atoms with E-state index in [0.717, 1.165) is 36.4 Å². The van der Waals surface area contributed by atoms with Crippen LogP contribution < -0.4 is 15.8 Å². The van der Waals surface area contributed by atoms with Crippen LogP contribution in [0.1, 0.15) is 46.0 Å². The fourth-order valence-electron chi connectivity index (χ4n) is 6.14. The summed E-state index contributed by atoms with van der Waals surface area (Å²) in [7, 11) is 1.47. The van der Waals surface area contributed by atoms with Crippen LogP contribution in [0.4, 0.5) is 14.6 Å². The molecule has 8 nitrogen and oxygen atoms in total. The first-order valence-corrected chi connectivity index (χ1v) is 12.7. The molecular formula is C27H30F2N6O2. The van der Waals surface area contributed by atoms with Crippen molar-refractivity contribution >= 4 is 5.82 Å². The minimum atomic E-state index is -1.04. The summed E-state index contributed by atoms with van der Waals surface area (Å²) >= 11 is 0. The Bertz CT molecular complexity index is 1430. The van der Waals surface area contributed by atoms with Gasteiger partial charge in [0.15, 0.2) is 11.6 Å². The molecule has 0 amide bonds. The quantitative estimate of drug-likeness (QED) is 0.542. The summed E-state index contributed by atoms with van der Waals surface area (Å²) in [5, 5.41) is 22.9. The minimum Gasteiger partial charge on any atom is -0.507 e. The van der Waals surface area contributed by atoms with E-state index in [1.807, 2.05) is 6.92 Å². The molecular weight excluding hydrogens is 478 g/mol. The number of pyridine rings is 1. The molecule has 1 aliphatic carbocycles. The lowest BCUT2D eigenvalue weighted by molar-refractivity contribution is 0.0831. The van der Waals surface area contributed by atoms with Crippen molar-refractivity contribution in [2.75, 3.05) is 4.90 Å². The van der Waals surface area contributed by atoms with E-state index >= 15 is 4.39 Å². The lowest BCUT2D eigenvalue weighted by Crippen LogP contribution is -2.66. The van der Waals surface area contributed by atoms with Gasteiger partial charge in [0.1, 0.15) is 17.7 Å². The number of nitrogens with one attached hydrogen (secondary N) is 1. The molecule has 2 aromatic heterocycles. The Hall–Kier alpha value is -3.40. The number of hydrogen-bond acceptors (Lipinski definition) is 7. The molecule has 0 spiro atoms. The summed E-state index contributed by atoms with van der Waals surface area (Å²) in [5.41, 5.74) is -0.235. The number of aromatic hydroxyl groups is 1. The zero-order valence-electron chi connectivity index (χ0n) is 21.1. The van der Waals surface area contributed by atoms with Gasteiger partial charge in [-0.25, -0.2) is 13.8 Å². The van der Waals surface area contributed by atoms with Crippen LogP contribution in [0.2, 0.25) is 0 Å². The van der Waals surface area contributed by atoms with E-state index in [2.05, 4.69) is 32.3 Å². The lowest BCUT2D eigenvalue weighted by Gasteiger charge is -2.48. The highest BCUT2D eigenvalue weighted by atomic mass is 19.1. The number of piperidine rings is 1. The maximum atomic E-state index is 15.8. The van der Waals surface area contributed by atoms with Crippen molar-refractivity contribution in [3.63, 3.8) is 0 Å². The van der Waals surface area contributed by atoms with E-state index in [1.165, 1.54) is 19.2 Å². The van der Waals surface area contributed by atoms with E-state index < -0.39 is 17.5 Å². The minimum absolute atomic E-state index is 0.0959. The van der Waals surface area contributed by atoms with Gasteiger partial charge in [0.2, 0.25) is 0 Å². The van der Waals surface area contributed by atoms with Gasteiger partial charge >= 0.3 is 0 Å². The average Bonchev–Trinajstić information content (AvgIpc) is 3.65. The summed E-state index contributed by atoms with van der Waals surface area (Å²) in [6.07, 6.45) is 6.05. The molecule has 0 radical (unpaired) electrons. The largest absolute Gasteiger partial charge is 0.507 e. The molecule has 3 aromatic rings. The molecule has 10 heteroatoms. The van der Waals surface area contributed by atoms with Gasteiger partial charge in [-0.1, -0.05) is 6.07 Å². The highest BCUT2D eigenvalue weighted by Crippen LogP contribution is 2.47. The Morgan fingerprint density at radius 2 is 1.95 bits per heavy atom. The highest BCUT2D eigenvalue weighted by molar-refractivity contribution is 5.73. The van der Waals surface area contributed by atoms with Crippen LogP contribution in [-0.4, -0.2) is 54.2 Å². The number of hydrogen-bond donors (Lipinski definition) is 2. The summed E-state index contributed by atoms with van der Waals surface area (Å²) in [6.45, 7) is 4.14. The standard InChI is InChI=1S/C27H30F2N6O2/c1-26-8-9-27(2,33-26)24(29)20(12-26)35(16-5-6-16)22-13-30-25(32-31-22)17-7-4-15(10-21(17)36)18-11-23(37)34(3)14-19(18)28/h4,7,10-11,13-14,16,20,24,33,36H,5-6,8-9,12H2,1-3H3/t20-,24-,26-,27+/m0/s1. The number of rotatable bonds is 5. The molecule has 37 heavy (non-hydrogen) atoms. The van der Waals surface area contributed by atoms with Crippen molar-refractivity contribution in [2.45, 2.75) is 75.3 Å². The van der Waals surface area contributed by atoms with Crippen LogP contribution in [0.3, 0.4) is 0 Å². The van der Waals surface area contributed by atoms with E-state index in [1.54, 1.807) is 18.3 Å². The molecule has 3 aliphatic rings. The lowest BCUT2D eigenvalue weighted by atomic mass is 9.82. The zero-order valence-corrected chi connectivity index (χ0v) is 21.1. The van der Waals surface area contributed by atoms with Crippen LogP contribution in [0.25, 0.3) is 22.5 Å². The third kappa shape index (κ3) is 4.07. The average molecular weight is 509 g/mol. The Balaban J connectivity index is 1.29. The number of benzene rings is 1. The number of alkyl halides is 1. The van der Waals surface area contributed by atoms with E-state index in [9.17, 15) is 14.3 Å². The second-order valence-corrected chi connectivity index (χ2v) is 11.3. The number of anilines is 1. The maximum Gasteiger partial charge on any atom is 0.251 e. The van der Waals surface area contributed by atoms with Gasteiger partial charge in [-0.15, -0.1) is 10.2 Å². The fraction of sp³-hybridized carbons (Fsp3) is 0.481. The smallest absolute Gasteiger partial charge is 0.251 e. The molecule has 2 N–H and O–H groups in total. The van der Waals surface area contributed by atoms with Crippen LogP contribution in [0, 0.1) is 5.82 Å². The molecule has 2 aliphatic heterocycles. The second kappa shape index (κ2) is 8.31. The summed E-state index contributed by atoms with van der Waals surface area (Å²) in [4.78, 5) is 18.5. The van der Waals surface area contributed by atoms with Gasteiger partial charge in [-0.2, -0.15) is 0 Å². The van der Waals surface area contributed by atoms with Gasteiger partial charge in [0.05, 0.1) is 17.8 Å². The molecule has 3 fully saturated rings. The Morgan fingerprint density at radius 1 is 1.16 bits per heavy atom. The normalized spacial score (nSPS) is 28.9. The zero-order chi connectivity index (χ0) is 26.1. The number of phenols is 1. The predicted octanol–water partition coefficient (Wildman–Crippen LogP) is 3.73.